The summed E-state index contributed by atoms with van der Waals surface area (Å²) in [6.07, 6.45) is 5.89. The van der Waals surface area contributed by atoms with Crippen LogP contribution in [-0.4, -0.2) is 43.1 Å². The van der Waals surface area contributed by atoms with Gasteiger partial charge in [-0.05, 0) is 93.4 Å². The molecule has 6 aliphatic carbocycles. The van der Waals surface area contributed by atoms with Crippen LogP contribution in [0.1, 0.15) is 51.4 Å². The molecule has 9 nitrogen and oxygen atoms in total. The van der Waals surface area contributed by atoms with Crippen molar-refractivity contribution in [1.29, 1.82) is 0 Å². The van der Waals surface area contributed by atoms with E-state index in [9.17, 15) is 27.4 Å². The SMILES string of the molecule is O=C(OC1C2CC3C1OC(=O)C3(C(=O)Oc1ccc(S(=O)(=O)[O-])cc1)C2)C12CC3CC(CC(C3)C1)C2. The van der Waals surface area contributed by atoms with E-state index in [0.717, 1.165) is 31.4 Å². The molecule has 1 aliphatic heterocycles. The minimum atomic E-state index is -4.63. The summed E-state index contributed by atoms with van der Waals surface area (Å²) in [5.74, 6) is -0.296. The Balaban J connectivity index is 1.07. The Morgan fingerprint density at radius 1 is 0.917 bits per heavy atom. The highest BCUT2D eigenvalue weighted by molar-refractivity contribution is 7.85. The second-order valence-electron chi connectivity index (χ2n) is 12.0. The van der Waals surface area contributed by atoms with Crippen LogP contribution >= 0.6 is 0 Å². The number of hydrogen-bond donors (Lipinski definition) is 0. The van der Waals surface area contributed by atoms with Gasteiger partial charge < -0.3 is 18.8 Å². The van der Waals surface area contributed by atoms with Crippen molar-refractivity contribution >= 4 is 28.0 Å². The zero-order valence-corrected chi connectivity index (χ0v) is 20.4. The molecule has 0 spiro atoms. The zero-order chi connectivity index (χ0) is 25.0. The Bertz CT molecular complexity index is 1230. The Morgan fingerprint density at radius 3 is 2.11 bits per heavy atom. The lowest BCUT2D eigenvalue weighted by Crippen LogP contribution is -2.52. The summed E-state index contributed by atoms with van der Waals surface area (Å²) in [6, 6.07) is 4.53. The summed E-state index contributed by atoms with van der Waals surface area (Å²) < 4.78 is 50.6. The molecule has 6 saturated carbocycles. The van der Waals surface area contributed by atoms with Crippen LogP contribution in [0.4, 0.5) is 0 Å². The Hall–Kier alpha value is -2.46. The van der Waals surface area contributed by atoms with Crippen LogP contribution in [0, 0.1) is 40.4 Å². The highest BCUT2D eigenvalue weighted by atomic mass is 32.2. The van der Waals surface area contributed by atoms with E-state index in [-0.39, 0.29) is 24.1 Å². The number of carbonyl (C=O) groups is 3. The Labute approximate surface area is 208 Å². The van der Waals surface area contributed by atoms with E-state index in [1.165, 1.54) is 31.4 Å². The average Bonchev–Trinajstić information content (AvgIpc) is 3.40. The minimum Gasteiger partial charge on any atom is -0.744 e. The molecule has 192 valence electrons. The molecule has 8 rings (SSSR count). The van der Waals surface area contributed by atoms with Gasteiger partial charge in [-0.1, -0.05) is 0 Å². The maximum absolute atomic E-state index is 13.5. The first-order valence-corrected chi connectivity index (χ1v) is 14.2. The smallest absolute Gasteiger partial charge is 0.329 e. The number of ether oxygens (including phenoxy) is 3. The van der Waals surface area contributed by atoms with Gasteiger partial charge in [-0.3, -0.25) is 14.4 Å². The molecule has 1 aromatic carbocycles. The van der Waals surface area contributed by atoms with Crippen LogP contribution in [0.2, 0.25) is 0 Å². The van der Waals surface area contributed by atoms with Crippen molar-refractivity contribution in [2.75, 3.05) is 0 Å². The van der Waals surface area contributed by atoms with E-state index in [0.29, 0.717) is 24.2 Å². The van der Waals surface area contributed by atoms with Gasteiger partial charge in [0, 0.05) is 11.8 Å². The van der Waals surface area contributed by atoms with Gasteiger partial charge in [-0.2, -0.15) is 0 Å². The molecule has 5 atom stereocenters. The van der Waals surface area contributed by atoms with Gasteiger partial charge in [0.05, 0.1) is 10.3 Å². The van der Waals surface area contributed by atoms with E-state index in [1.54, 1.807) is 0 Å². The predicted octanol–water partition coefficient (Wildman–Crippen LogP) is 2.58. The molecule has 10 heteroatoms. The third kappa shape index (κ3) is 3.09. The molecule has 1 saturated heterocycles. The quantitative estimate of drug-likeness (QED) is 0.251. The molecule has 0 radical (unpaired) electrons. The number of benzene rings is 1. The molecule has 7 fully saturated rings. The molecule has 5 unspecified atom stereocenters. The second kappa shape index (κ2) is 7.31. The number of esters is 3. The normalized spacial score (nSPS) is 43.5. The minimum absolute atomic E-state index is 0.0330. The first-order chi connectivity index (χ1) is 17.1. The Morgan fingerprint density at radius 2 is 1.53 bits per heavy atom. The first-order valence-electron chi connectivity index (χ1n) is 12.8. The molecule has 0 amide bonds. The van der Waals surface area contributed by atoms with Crippen molar-refractivity contribution in [3.63, 3.8) is 0 Å². The summed E-state index contributed by atoms with van der Waals surface area (Å²) in [5.41, 5.74) is -1.86. The highest BCUT2D eigenvalue weighted by Gasteiger charge is 2.76. The van der Waals surface area contributed by atoms with E-state index in [4.69, 9.17) is 14.2 Å². The third-order valence-electron chi connectivity index (χ3n) is 9.97. The maximum atomic E-state index is 13.5. The molecule has 0 aromatic heterocycles. The highest BCUT2D eigenvalue weighted by Crippen LogP contribution is 2.64. The van der Waals surface area contributed by atoms with Crippen molar-refractivity contribution in [2.45, 2.75) is 68.5 Å². The summed E-state index contributed by atoms with van der Waals surface area (Å²) in [6.45, 7) is 0. The largest absolute Gasteiger partial charge is 0.744 e. The number of fused-ring (bicyclic) bond motifs is 1. The average molecular weight is 516 g/mol. The lowest BCUT2D eigenvalue weighted by molar-refractivity contribution is -0.185. The monoisotopic (exact) mass is 515 g/mol. The van der Waals surface area contributed by atoms with Crippen LogP contribution in [0.5, 0.6) is 5.75 Å². The summed E-state index contributed by atoms with van der Waals surface area (Å²) >= 11 is 0. The summed E-state index contributed by atoms with van der Waals surface area (Å²) in [5, 5.41) is 0. The number of rotatable bonds is 5. The third-order valence-corrected chi connectivity index (χ3v) is 10.8. The first kappa shape index (κ1) is 22.7. The maximum Gasteiger partial charge on any atom is 0.329 e. The van der Waals surface area contributed by atoms with E-state index >= 15 is 0 Å². The van der Waals surface area contributed by atoms with Crippen molar-refractivity contribution in [3.05, 3.63) is 24.3 Å². The fourth-order valence-electron chi connectivity index (χ4n) is 8.91. The molecular formula is C26H27O9S-. The predicted molar refractivity (Wildman–Crippen MR) is 119 cm³/mol. The van der Waals surface area contributed by atoms with Gasteiger partial charge >= 0.3 is 17.9 Å². The lowest BCUT2D eigenvalue weighted by Gasteiger charge is -2.55. The van der Waals surface area contributed by atoms with Crippen molar-refractivity contribution in [1.82, 2.24) is 0 Å². The number of hydrogen-bond acceptors (Lipinski definition) is 9. The van der Waals surface area contributed by atoms with E-state index < -0.39 is 55.9 Å². The van der Waals surface area contributed by atoms with Crippen molar-refractivity contribution < 1.29 is 41.6 Å². The van der Waals surface area contributed by atoms with Crippen molar-refractivity contribution in [3.8, 4) is 5.75 Å². The van der Waals surface area contributed by atoms with Gasteiger partial charge in [0.25, 0.3) is 0 Å². The summed E-state index contributed by atoms with van der Waals surface area (Å²) in [7, 11) is -4.63. The molecule has 7 aliphatic rings. The van der Waals surface area contributed by atoms with Gasteiger partial charge in [-0.25, -0.2) is 8.42 Å². The molecular weight excluding hydrogens is 488 g/mol. The molecule has 1 aromatic rings. The van der Waals surface area contributed by atoms with Crippen LogP contribution < -0.4 is 4.74 Å². The second-order valence-corrected chi connectivity index (χ2v) is 13.4. The fourth-order valence-corrected chi connectivity index (χ4v) is 9.38. The number of carbonyl (C=O) groups excluding carboxylic acids is 3. The van der Waals surface area contributed by atoms with Gasteiger partial charge in [0.15, 0.2) is 5.41 Å². The van der Waals surface area contributed by atoms with E-state index in [2.05, 4.69) is 0 Å². The molecule has 36 heavy (non-hydrogen) atoms. The molecule has 6 bridgehead atoms. The van der Waals surface area contributed by atoms with Crippen LogP contribution in [0.3, 0.4) is 0 Å². The zero-order valence-electron chi connectivity index (χ0n) is 19.6. The fraction of sp³-hybridized carbons (Fsp3) is 0.654. The van der Waals surface area contributed by atoms with E-state index in [1.807, 2.05) is 0 Å². The Kier molecular flexibility index (Phi) is 4.61. The lowest BCUT2D eigenvalue weighted by atomic mass is 9.49. The van der Waals surface area contributed by atoms with Crippen molar-refractivity contribution in [2.24, 2.45) is 40.4 Å². The van der Waals surface area contributed by atoms with Crippen LogP contribution in [0.15, 0.2) is 29.2 Å². The molecule has 1 heterocycles. The molecule has 0 N–H and O–H groups in total. The standard InChI is InChI=1S/C26H28O9S/c27-22(25-9-13-5-14(10-25)7-15(6-13)11-25)34-20-16-8-19-21(20)35-24(29)26(19,12-16)23(28)33-17-1-3-18(4-2-17)36(30,31)32/h1-4,13-16,19-21H,5-12H2,(H,30,31,32)/p-1. The van der Waals surface area contributed by atoms with Gasteiger partial charge in [0.1, 0.15) is 28.1 Å². The topological polar surface area (TPSA) is 136 Å². The van der Waals surface area contributed by atoms with Gasteiger partial charge in [-0.15, -0.1) is 0 Å². The van der Waals surface area contributed by atoms with Crippen LogP contribution in [-0.2, 0) is 34.0 Å². The van der Waals surface area contributed by atoms with Crippen LogP contribution in [0.25, 0.3) is 0 Å². The summed E-state index contributed by atoms with van der Waals surface area (Å²) in [4.78, 5) is 39.3. The van der Waals surface area contributed by atoms with Gasteiger partial charge in [0.2, 0.25) is 0 Å².